The van der Waals surface area contributed by atoms with Gasteiger partial charge in [0.15, 0.2) is 0 Å². The van der Waals surface area contributed by atoms with Gasteiger partial charge in [-0.2, -0.15) is 0 Å². The molecule has 0 aliphatic carbocycles. The molecule has 5 nitrogen and oxygen atoms in total. The van der Waals surface area contributed by atoms with Gasteiger partial charge in [0.2, 0.25) is 0 Å². The second-order valence-electron chi connectivity index (χ2n) is 4.97. The molecule has 5 heteroatoms. The van der Waals surface area contributed by atoms with Crippen molar-refractivity contribution in [3.63, 3.8) is 0 Å². The summed E-state index contributed by atoms with van der Waals surface area (Å²) in [5.74, 6) is -0.877. The number of hydrogen-bond donors (Lipinski definition) is 3. The molecule has 0 radical (unpaired) electrons. The quantitative estimate of drug-likeness (QED) is 0.748. The van der Waals surface area contributed by atoms with Gasteiger partial charge in [0.1, 0.15) is 0 Å². The summed E-state index contributed by atoms with van der Waals surface area (Å²) in [6.07, 6.45) is 0.952. The number of rotatable bonds is 6. The highest BCUT2D eigenvalue weighted by Crippen LogP contribution is 2.25. The van der Waals surface area contributed by atoms with E-state index in [4.69, 9.17) is 0 Å². The van der Waals surface area contributed by atoms with Crippen LogP contribution in [0.15, 0.2) is 24.3 Å². The summed E-state index contributed by atoms with van der Waals surface area (Å²) < 4.78 is 0. The molecule has 20 heavy (non-hydrogen) atoms. The van der Waals surface area contributed by atoms with Crippen LogP contribution in [0.25, 0.3) is 0 Å². The van der Waals surface area contributed by atoms with E-state index in [1.807, 2.05) is 39.0 Å². The molecule has 0 atom stereocenters. The van der Waals surface area contributed by atoms with Gasteiger partial charge >= 0.3 is 12.0 Å². The molecule has 0 aromatic heterocycles. The molecule has 0 fully saturated rings. The van der Waals surface area contributed by atoms with Crippen molar-refractivity contribution in [3.05, 3.63) is 29.8 Å². The molecule has 0 spiro atoms. The maximum Gasteiger partial charge on any atom is 0.319 e. The van der Waals surface area contributed by atoms with Gasteiger partial charge in [-0.3, -0.25) is 4.79 Å². The van der Waals surface area contributed by atoms with E-state index in [2.05, 4.69) is 10.6 Å². The van der Waals surface area contributed by atoms with Gasteiger partial charge in [-0.05, 0) is 37.5 Å². The van der Waals surface area contributed by atoms with Crippen LogP contribution in [0.4, 0.5) is 10.5 Å². The number of anilines is 1. The van der Waals surface area contributed by atoms with Crippen molar-refractivity contribution < 1.29 is 14.7 Å². The lowest BCUT2D eigenvalue weighted by Gasteiger charge is -2.26. The number of aliphatic carboxylic acids is 1. The Bertz CT molecular complexity index is 482. The van der Waals surface area contributed by atoms with E-state index >= 15 is 0 Å². The maximum absolute atomic E-state index is 11.8. The van der Waals surface area contributed by atoms with E-state index in [0.29, 0.717) is 18.5 Å². The van der Waals surface area contributed by atoms with Crippen molar-refractivity contribution in [1.82, 2.24) is 5.32 Å². The summed E-state index contributed by atoms with van der Waals surface area (Å²) in [5.41, 5.74) is 0.838. The lowest BCUT2D eigenvalue weighted by molar-refractivity contribution is -0.149. The highest BCUT2D eigenvalue weighted by molar-refractivity contribution is 5.89. The summed E-state index contributed by atoms with van der Waals surface area (Å²) >= 11 is 0. The third-order valence-electron chi connectivity index (χ3n) is 3.67. The molecule has 0 aliphatic rings. The highest BCUT2D eigenvalue weighted by atomic mass is 16.4. The van der Waals surface area contributed by atoms with Crippen molar-refractivity contribution in [2.45, 2.75) is 33.6 Å². The third-order valence-corrected chi connectivity index (χ3v) is 3.67. The number of carboxylic acid groups (broad SMARTS) is 1. The van der Waals surface area contributed by atoms with Crippen molar-refractivity contribution in [1.29, 1.82) is 0 Å². The van der Waals surface area contributed by atoms with E-state index in [0.717, 1.165) is 5.56 Å². The minimum Gasteiger partial charge on any atom is -0.481 e. The van der Waals surface area contributed by atoms with Gasteiger partial charge in [-0.15, -0.1) is 0 Å². The number of hydrogen-bond acceptors (Lipinski definition) is 2. The fraction of sp³-hybridized carbons (Fsp3) is 0.467. The van der Waals surface area contributed by atoms with E-state index in [-0.39, 0.29) is 12.6 Å². The average Bonchev–Trinajstić information content (AvgIpc) is 2.40. The van der Waals surface area contributed by atoms with Gasteiger partial charge in [0, 0.05) is 12.2 Å². The van der Waals surface area contributed by atoms with Crippen molar-refractivity contribution in [2.24, 2.45) is 5.41 Å². The van der Waals surface area contributed by atoms with Crippen LogP contribution >= 0.6 is 0 Å². The summed E-state index contributed by atoms with van der Waals surface area (Å²) in [5, 5.41) is 14.6. The largest absolute Gasteiger partial charge is 0.481 e. The fourth-order valence-corrected chi connectivity index (χ4v) is 2.03. The lowest BCUT2D eigenvalue weighted by Crippen LogP contribution is -2.43. The minimum atomic E-state index is -0.899. The van der Waals surface area contributed by atoms with Gasteiger partial charge in [0.05, 0.1) is 5.41 Å². The lowest BCUT2D eigenvalue weighted by atomic mass is 9.82. The molecule has 1 aromatic rings. The Hall–Kier alpha value is -2.04. The van der Waals surface area contributed by atoms with Crippen LogP contribution in [0.2, 0.25) is 0 Å². The predicted octanol–water partition coefficient (Wildman–Crippen LogP) is 3.01. The van der Waals surface area contributed by atoms with Gasteiger partial charge < -0.3 is 15.7 Å². The Morgan fingerprint density at radius 3 is 2.40 bits per heavy atom. The van der Waals surface area contributed by atoms with Crippen LogP contribution in [0.3, 0.4) is 0 Å². The molecule has 0 bridgehead atoms. The fourth-order valence-electron chi connectivity index (χ4n) is 2.03. The second-order valence-corrected chi connectivity index (χ2v) is 4.97. The summed E-state index contributed by atoms with van der Waals surface area (Å²) in [7, 11) is 0. The van der Waals surface area contributed by atoms with Crippen LogP contribution in [-0.2, 0) is 4.79 Å². The molecular weight excluding hydrogens is 256 g/mol. The number of carboxylic acids is 1. The molecule has 0 saturated heterocycles. The number of aryl methyl sites for hydroxylation is 1. The first-order chi connectivity index (χ1) is 9.43. The molecule has 0 aliphatic heterocycles. The van der Waals surface area contributed by atoms with E-state index < -0.39 is 11.4 Å². The molecule has 0 heterocycles. The Labute approximate surface area is 119 Å². The Kier molecular flexibility index (Phi) is 5.55. The normalized spacial score (nSPS) is 10.9. The highest BCUT2D eigenvalue weighted by Gasteiger charge is 2.35. The number of carbonyl (C=O) groups is 2. The van der Waals surface area contributed by atoms with Crippen molar-refractivity contribution in [3.8, 4) is 0 Å². The minimum absolute atomic E-state index is 0.118. The SMILES string of the molecule is CCC(CC)(CNC(=O)Nc1cccc(C)c1)C(=O)O. The van der Waals surface area contributed by atoms with Crippen LogP contribution < -0.4 is 10.6 Å². The van der Waals surface area contributed by atoms with Crippen LogP contribution in [-0.4, -0.2) is 23.7 Å². The summed E-state index contributed by atoms with van der Waals surface area (Å²) in [6, 6.07) is 7.04. The van der Waals surface area contributed by atoms with Crippen LogP contribution in [0.5, 0.6) is 0 Å². The summed E-state index contributed by atoms with van der Waals surface area (Å²) in [4.78, 5) is 23.1. The smallest absolute Gasteiger partial charge is 0.319 e. The van der Waals surface area contributed by atoms with E-state index in [1.165, 1.54) is 0 Å². The number of amides is 2. The number of carbonyl (C=O) groups excluding carboxylic acids is 1. The van der Waals surface area contributed by atoms with Gasteiger partial charge in [0.25, 0.3) is 0 Å². The van der Waals surface area contributed by atoms with Crippen molar-refractivity contribution >= 4 is 17.7 Å². The number of urea groups is 1. The predicted molar refractivity (Wildman–Crippen MR) is 78.9 cm³/mol. The first-order valence-electron chi connectivity index (χ1n) is 6.78. The van der Waals surface area contributed by atoms with E-state index in [9.17, 15) is 14.7 Å². The van der Waals surface area contributed by atoms with Crippen LogP contribution in [0.1, 0.15) is 32.3 Å². The zero-order valence-electron chi connectivity index (χ0n) is 12.2. The van der Waals surface area contributed by atoms with Crippen molar-refractivity contribution in [2.75, 3.05) is 11.9 Å². The zero-order chi connectivity index (χ0) is 15.2. The van der Waals surface area contributed by atoms with E-state index in [1.54, 1.807) is 6.07 Å². The standard InChI is InChI=1S/C15H22N2O3/c1-4-15(5-2,13(18)19)10-16-14(20)17-12-8-6-7-11(3)9-12/h6-9H,4-5,10H2,1-3H3,(H,18,19)(H2,16,17,20). The molecule has 0 unspecified atom stereocenters. The zero-order valence-corrected chi connectivity index (χ0v) is 12.2. The first kappa shape index (κ1) is 16.0. The molecular formula is C15H22N2O3. The molecule has 3 N–H and O–H groups in total. The molecule has 2 amide bonds. The average molecular weight is 278 g/mol. The Morgan fingerprint density at radius 1 is 1.25 bits per heavy atom. The van der Waals surface area contributed by atoms with Gasteiger partial charge in [-0.1, -0.05) is 26.0 Å². The summed E-state index contributed by atoms with van der Waals surface area (Å²) in [6.45, 7) is 5.69. The van der Waals surface area contributed by atoms with Gasteiger partial charge in [-0.25, -0.2) is 4.79 Å². The Morgan fingerprint density at radius 2 is 1.90 bits per heavy atom. The van der Waals surface area contributed by atoms with Crippen LogP contribution in [0, 0.1) is 12.3 Å². The maximum atomic E-state index is 11.8. The monoisotopic (exact) mass is 278 g/mol. The number of nitrogens with one attached hydrogen (secondary N) is 2. The first-order valence-corrected chi connectivity index (χ1v) is 6.78. The molecule has 0 saturated carbocycles. The Balaban J connectivity index is 2.61. The molecule has 110 valence electrons. The molecule has 1 rings (SSSR count). The molecule has 1 aromatic carbocycles. The topological polar surface area (TPSA) is 78.4 Å². The number of benzene rings is 1. The second kappa shape index (κ2) is 6.93. The third kappa shape index (κ3) is 3.98.